The first kappa shape index (κ1) is 22.3. The SMILES string of the molecule is Cc1ccccc1CN1CCC(C(Cc2ccccc2)N(C)C(=O)c2ccn(C)n2)CC1. The van der Waals surface area contributed by atoms with E-state index in [-0.39, 0.29) is 11.9 Å². The molecular formula is C27H34N4O. The van der Waals surface area contributed by atoms with Gasteiger partial charge in [-0.1, -0.05) is 54.6 Å². The topological polar surface area (TPSA) is 41.4 Å². The highest BCUT2D eigenvalue weighted by Gasteiger charge is 2.32. The summed E-state index contributed by atoms with van der Waals surface area (Å²) in [6.07, 6.45) is 4.90. The van der Waals surface area contributed by atoms with Gasteiger partial charge in [0.15, 0.2) is 0 Å². The number of piperidine rings is 1. The molecule has 0 bridgehead atoms. The van der Waals surface area contributed by atoms with Crippen molar-refractivity contribution in [1.29, 1.82) is 0 Å². The van der Waals surface area contributed by atoms with Gasteiger partial charge in [-0.3, -0.25) is 14.4 Å². The van der Waals surface area contributed by atoms with Gasteiger partial charge in [-0.15, -0.1) is 0 Å². The van der Waals surface area contributed by atoms with E-state index in [0.717, 1.165) is 38.9 Å². The Morgan fingerprint density at radius 2 is 1.75 bits per heavy atom. The average Bonchev–Trinajstić information content (AvgIpc) is 3.25. The van der Waals surface area contributed by atoms with Crippen molar-refractivity contribution in [1.82, 2.24) is 19.6 Å². The van der Waals surface area contributed by atoms with E-state index in [0.29, 0.717) is 11.6 Å². The molecule has 5 nitrogen and oxygen atoms in total. The highest BCUT2D eigenvalue weighted by atomic mass is 16.2. The monoisotopic (exact) mass is 430 g/mol. The fourth-order valence-electron chi connectivity index (χ4n) is 4.86. The lowest BCUT2D eigenvalue weighted by molar-refractivity contribution is 0.0578. The van der Waals surface area contributed by atoms with Gasteiger partial charge < -0.3 is 4.90 Å². The average molecular weight is 431 g/mol. The zero-order valence-electron chi connectivity index (χ0n) is 19.4. The van der Waals surface area contributed by atoms with Gasteiger partial charge in [-0.05, 0) is 68.0 Å². The molecule has 0 spiro atoms. The van der Waals surface area contributed by atoms with Gasteiger partial charge in [0.05, 0.1) is 0 Å². The van der Waals surface area contributed by atoms with Crippen LogP contribution in [0.2, 0.25) is 0 Å². The predicted molar refractivity (Wildman–Crippen MR) is 128 cm³/mol. The molecule has 4 rings (SSSR count). The molecule has 5 heteroatoms. The first-order chi connectivity index (χ1) is 15.5. The first-order valence-electron chi connectivity index (χ1n) is 11.6. The molecule has 1 fully saturated rings. The Labute approximate surface area is 191 Å². The van der Waals surface area contributed by atoms with Crippen LogP contribution < -0.4 is 0 Å². The minimum absolute atomic E-state index is 0.00821. The smallest absolute Gasteiger partial charge is 0.274 e. The Morgan fingerprint density at radius 1 is 1.06 bits per heavy atom. The van der Waals surface area contributed by atoms with Crippen LogP contribution >= 0.6 is 0 Å². The van der Waals surface area contributed by atoms with Gasteiger partial charge in [0.2, 0.25) is 0 Å². The first-order valence-corrected chi connectivity index (χ1v) is 11.6. The van der Waals surface area contributed by atoms with Crippen LogP contribution in [0.4, 0.5) is 0 Å². The number of likely N-dealkylation sites (N-methyl/N-ethyl adjacent to an activating group) is 1. The van der Waals surface area contributed by atoms with E-state index in [9.17, 15) is 4.79 Å². The van der Waals surface area contributed by atoms with Crippen LogP contribution in [0.15, 0.2) is 66.9 Å². The summed E-state index contributed by atoms with van der Waals surface area (Å²) in [5.74, 6) is 0.481. The molecule has 32 heavy (non-hydrogen) atoms. The van der Waals surface area contributed by atoms with Gasteiger partial charge in [-0.2, -0.15) is 5.10 Å². The number of amides is 1. The lowest BCUT2D eigenvalue weighted by atomic mass is 9.84. The summed E-state index contributed by atoms with van der Waals surface area (Å²) in [7, 11) is 3.80. The van der Waals surface area contributed by atoms with Gasteiger partial charge in [0.1, 0.15) is 5.69 Å². The number of likely N-dealkylation sites (tertiary alicyclic amines) is 1. The fourth-order valence-corrected chi connectivity index (χ4v) is 4.86. The largest absolute Gasteiger partial charge is 0.337 e. The number of nitrogens with zero attached hydrogens (tertiary/aromatic N) is 4. The number of carbonyl (C=O) groups excluding carboxylic acids is 1. The van der Waals surface area contributed by atoms with E-state index < -0.39 is 0 Å². The van der Waals surface area contributed by atoms with E-state index in [2.05, 4.69) is 65.5 Å². The Kier molecular flexibility index (Phi) is 7.05. The number of benzene rings is 2. The molecule has 2 heterocycles. The van der Waals surface area contributed by atoms with Crippen LogP contribution in [-0.2, 0) is 20.0 Å². The van der Waals surface area contributed by atoms with Crippen molar-refractivity contribution < 1.29 is 4.79 Å². The van der Waals surface area contributed by atoms with Crippen molar-refractivity contribution in [3.63, 3.8) is 0 Å². The highest BCUT2D eigenvalue weighted by Crippen LogP contribution is 2.28. The molecule has 0 radical (unpaired) electrons. The Balaban J connectivity index is 1.46. The Hall–Kier alpha value is -2.92. The molecule has 1 amide bonds. The zero-order chi connectivity index (χ0) is 22.5. The normalized spacial score (nSPS) is 16.1. The van der Waals surface area contributed by atoms with Crippen molar-refractivity contribution in [3.05, 3.63) is 89.2 Å². The van der Waals surface area contributed by atoms with Crippen molar-refractivity contribution in [2.75, 3.05) is 20.1 Å². The standard InChI is InChI=1S/C27H34N4O/c1-21-9-7-8-12-24(21)20-31-17-13-23(14-18-31)26(19-22-10-5-4-6-11-22)30(3)27(32)25-15-16-29(2)28-25/h4-12,15-16,23,26H,13-14,17-20H2,1-3H3. The summed E-state index contributed by atoms with van der Waals surface area (Å²) < 4.78 is 1.69. The van der Waals surface area contributed by atoms with E-state index in [1.165, 1.54) is 16.7 Å². The maximum absolute atomic E-state index is 13.2. The van der Waals surface area contributed by atoms with Crippen LogP contribution in [0.3, 0.4) is 0 Å². The highest BCUT2D eigenvalue weighted by molar-refractivity contribution is 5.92. The van der Waals surface area contributed by atoms with Crippen LogP contribution in [-0.4, -0.2) is 51.7 Å². The number of rotatable bonds is 7. The molecule has 3 aromatic rings. The molecule has 2 aromatic carbocycles. The number of hydrogen-bond donors (Lipinski definition) is 0. The summed E-state index contributed by atoms with van der Waals surface area (Å²) in [5, 5.41) is 4.35. The number of carbonyl (C=O) groups is 1. The van der Waals surface area contributed by atoms with Gasteiger partial charge >= 0.3 is 0 Å². The van der Waals surface area contributed by atoms with Crippen LogP contribution in [0.5, 0.6) is 0 Å². The van der Waals surface area contributed by atoms with Crippen LogP contribution in [0, 0.1) is 12.8 Å². The van der Waals surface area contributed by atoms with Gasteiger partial charge in [0, 0.05) is 32.9 Å². The van der Waals surface area contributed by atoms with Crippen molar-refractivity contribution >= 4 is 5.91 Å². The maximum Gasteiger partial charge on any atom is 0.274 e. The van der Waals surface area contributed by atoms with Crippen LogP contribution in [0.25, 0.3) is 0 Å². The van der Waals surface area contributed by atoms with E-state index in [4.69, 9.17) is 0 Å². The van der Waals surface area contributed by atoms with Crippen molar-refractivity contribution in [2.45, 2.75) is 38.8 Å². The van der Waals surface area contributed by atoms with Gasteiger partial charge in [0.25, 0.3) is 5.91 Å². The second-order valence-electron chi connectivity index (χ2n) is 9.09. The molecule has 1 atom stereocenters. The van der Waals surface area contributed by atoms with Crippen molar-refractivity contribution in [2.24, 2.45) is 13.0 Å². The van der Waals surface area contributed by atoms with Crippen molar-refractivity contribution in [3.8, 4) is 0 Å². The number of aryl methyl sites for hydroxylation is 2. The summed E-state index contributed by atoms with van der Waals surface area (Å²) in [4.78, 5) is 17.7. The minimum Gasteiger partial charge on any atom is -0.337 e. The molecule has 1 aliphatic rings. The second kappa shape index (κ2) is 10.1. The van der Waals surface area contributed by atoms with E-state index in [1.54, 1.807) is 4.68 Å². The quantitative estimate of drug-likeness (QED) is 0.560. The molecule has 1 aromatic heterocycles. The number of aromatic nitrogens is 2. The maximum atomic E-state index is 13.2. The number of hydrogen-bond acceptors (Lipinski definition) is 3. The zero-order valence-corrected chi connectivity index (χ0v) is 19.4. The third kappa shape index (κ3) is 5.28. The molecule has 168 valence electrons. The van der Waals surface area contributed by atoms with E-state index in [1.807, 2.05) is 37.3 Å². The lowest BCUT2D eigenvalue weighted by Gasteiger charge is -2.40. The third-order valence-corrected chi connectivity index (χ3v) is 6.87. The molecule has 0 aliphatic carbocycles. The molecule has 0 saturated carbocycles. The molecular weight excluding hydrogens is 396 g/mol. The van der Waals surface area contributed by atoms with E-state index >= 15 is 0 Å². The Bertz CT molecular complexity index is 1020. The summed E-state index contributed by atoms with van der Waals surface area (Å²) in [6, 6.07) is 21.2. The molecule has 1 aliphatic heterocycles. The second-order valence-corrected chi connectivity index (χ2v) is 9.09. The minimum atomic E-state index is 0.00821. The lowest BCUT2D eigenvalue weighted by Crippen LogP contribution is -2.47. The summed E-state index contributed by atoms with van der Waals surface area (Å²) in [6.45, 7) is 5.33. The summed E-state index contributed by atoms with van der Waals surface area (Å²) >= 11 is 0. The Morgan fingerprint density at radius 3 is 2.41 bits per heavy atom. The van der Waals surface area contributed by atoms with Gasteiger partial charge in [-0.25, -0.2) is 0 Å². The molecule has 1 unspecified atom stereocenters. The predicted octanol–water partition coefficient (Wildman–Crippen LogP) is 4.32. The molecule has 1 saturated heterocycles. The fraction of sp³-hybridized carbons (Fsp3) is 0.407. The third-order valence-electron chi connectivity index (χ3n) is 6.87. The summed E-state index contributed by atoms with van der Waals surface area (Å²) in [5.41, 5.74) is 4.57. The molecule has 0 N–H and O–H groups in total. The van der Waals surface area contributed by atoms with Crippen LogP contribution in [0.1, 0.15) is 40.0 Å².